The second kappa shape index (κ2) is 12.8. The summed E-state index contributed by atoms with van der Waals surface area (Å²) in [5.74, 6) is 2.78. The zero-order valence-electron chi connectivity index (χ0n) is 27.2. The SMILES string of the molecule is c1ccc(-c2cccc(-c3nc(-c4ccccc4)nc(-c4ccc(-c5cccc6c5-c5ccccc5CO6)c(-c5ccccc5)c4)n3)c2)cc1. The summed E-state index contributed by atoms with van der Waals surface area (Å²) < 4.78 is 6.27. The van der Waals surface area contributed by atoms with Gasteiger partial charge in [-0.1, -0.05) is 158 Å². The fourth-order valence-corrected chi connectivity index (χ4v) is 6.79. The lowest BCUT2D eigenvalue weighted by Crippen LogP contribution is -2.06. The molecule has 0 N–H and O–H groups in total. The van der Waals surface area contributed by atoms with Gasteiger partial charge in [0.25, 0.3) is 0 Å². The van der Waals surface area contributed by atoms with Gasteiger partial charge in [0, 0.05) is 22.3 Å². The van der Waals surface area contributed by atoms with Gasteiger partial charge in [-0.15, -0.1) is 0 Å². The van der Waals surface area contributed by atoms with Crippen molar-refractivity contribution in [2.45, 2.75) is 6.61 Å². The van der Waals surface area contributed by atoms with Crippen molar-refractivity contribution in [1.29, 1.82) is 0 Å². The zero-order valence-corrected chi connectivity index (χ0v) is 27.2. The molecule has 7 aromatic carbocycles. The Bertz CT molecular complexity index is 2480. The molecule has 4 heteroatoms. The number of rotatable bonds is 6. The van der Waals surface area contributed by atoms with Crippen LogP contribution in [0.2, 0.25) is 0 Å². The van der Waals surface area contributed by atoms with Crippen LogP contribution in [-0.4, -0.2) is 15.0 Å². The lowest BCUT2D eigenvalue weighted by atomic mass is 9.86. The molecule has 0 radical (unpaired) electrons. The van der Waals surface area contributed by atoms with Crippen LogP contribution in [0.25, 0.3) is 78.7 Å². The van der Waals surface area contributed by atoms with E-state index >= 15 is 0 Å². The van der Waals surface area contributed by atoms with E-state index in [2.05, 4.69) is 140 Å². The van der Waals surface area contributed by atoms with Crippen molar-refractivity contribution in [3.63, 3.8) is 0 Å². The van der Waals surface area contributed by atoms with Gasteiger partial charge in [0.15, 0.2) is 17.5 Å². The third-order valence-electron chi connectivity index (χ3n) is 9.24. The number of hydrogen-bond acceptors (Lipinski definition) is 4. The average Bonchev–Trinajstić information content (AvgIpc) is 3.21. The highest BCUT2D eigenvalue weighted by Gasteiger charge is 2.23. The molecular weight excluding hydrogens is 611 g/mol. The molecule has 0 unspecified atom stereocenters. The largest absolute Gasteiger partial charge is 0.488 e. The Balaban J connectivity index is 1.23. The number of benzene rings is 7. The molecule has 9 rings (SSSR count). The fourth-order valence-electron chi connectivity index (χ4n) is 6.79. The van der Waals surface area contributed by atoms with E-state index < -0.39 is 0 Å². The summed E-state index contributed by atoms with van der Waals surface area (Å²) in [6.45, 7) is 0.566. The molecule has 0 saturated heterocycles. The van der Waals surface area contributed by atoms with Gasteiger partial charge in [-0.2, -0.15) is 0 Å². The smallest absolute Gasteiger partial charge is 0.164 e. The second-order valence-corrected chi connectivity index (χ2v) is 12.4. The van der Waals surface area contributed by atoms with E-state index in [0.29, 0.717) is 24.1 Å². The van der Waals surface area contributed by atoms with Crippen molar-refractivity contribution in [3.05, 3.63) is 181 Å². The number of fused-ring (bicyclic) bond motifs is 3. The average molecular weight is 642 g/mol. The first kappa shape index (κ1) is 29.5. The number of nitrogens with zero attached hydrogens (tertiary/aromatic N) is 3. The van der Waals surface area contributed by atoms with Crippen molar-refractivity contribution in [3.8, 4) is 84.4 Å². The summed E-state index contributed by atoms with van der Waals surface area (Å²) in [5, 5.41) is 0. The Kier molecular flexibility index (Phi) is 7.52. The van der Waals surface area contributed by atoms with Crippen LogP contribution in [0.1, 0.15) is 5.56 Å². The first-order chi connectivity index (χ1) is 24.8. The lowest BCUT2D eigenvalue weighted by molar-refractivity contribution is 0.302. The molecular formula is C46H31N3O. The van der Waals surface area contributed by atoms with Gasteiger partial charge in [-0.05, 0) is 62.7 Å². The maximum Gasteiger partial charge on any atom is 0.164 e. The van der Waals surface area contributed by atoms with Crippen molar-refractivity contribution in [1.82, 2.24) is 15.0 Å². The van der Waals surface area contributed by atoms with Crippen LogP contribution in [0.15, 0.2) is 176 Å². The molecule has 2 heterocycles. The van der Waals surface area contributed by atoms with Gasteiger partial charge in [0.1, 0.15) is 12.4 Å². The molecule has 4 nitrogen and oxygen atoms in total. The Morgan fingerprint density at radius 2 is 0.880 bits per heavy atom. The maximum absolute atomic E-state index is 6.27. The first-order valence-corrected chi connectivity index (χ1v) is 16.8. The van der Waals surface area contributed by atoms with E-state index in [1.54, 1.807) is 0 Å². The molecule has 0 saturated carbocycles. The first-order valence-electron chi connectivity index (χ1n) is 16.8. The van der Waals surface area contributed by atoms with Crippen molar-refractivity contribution < 1.29 is 4.74 Å². The van der Waals surface area contributed by atoms with E-state index in [1.165, 1.54) is 11.1 Å². The Morgan fingerprint density at radius 1 is 0.340 bits per heavy atom. The van der Waals surface area contributed by atoms with Crippen molar-refractivity contribution in [2.75, 3.05) is 0 Å². The highest BCUT2D eigenvalue weighted by Crippen LogP contribution is 2.47. The zero-order chi connectivity index (χ0) is 33.3. The Morgan fingerprint density at radius 3 is 1.62 bits per heavy atom. The molecule has 1 aliphatic rings. The molecule has 236 valence electrons. The van der Waals surface area contributed by atoms with Crippen LogP contribution in [0, 0.1) is 0 Å². The van der Waals surface area contributed by atoms with E-state index in [-0.39, 0.29) is 0 Å². The lowest BCUT2D eigenvalue weighted by Gasteiger charge is -2.24. The normalized spacial score (nSPS) is 11.7. The molecule has 0 bridgehead atoms. The summed E-state index contributed by atoms with van der Waals surface area (Å²) in [4.78, 5) is 15.2. The van der Waals surface area contributed by atoms with Gasteiger partial charge in [-0.25, -0.2) is 15.0 Å². The highest BCUT2D eigenvalue weighted by atomic mass is 16.5. The number of aromatic nitrogens is 3. The molecule has 8 aromatic rings. The third kappa shape index (κ3) is 5.53. The summed E-state index contributed by atoms with van der Waals surface area (Å²) >= 11 is 0. The maximum atomic E-state index is 6.27. The number of hydrogen-bond donors (Lipinski definition) is 0. The summed E-state index contributed by atoms with van der Waals surface area (Å²) in [6, 6.07) is 60.8. The van der Waals surface area contributed by atoms with Gasteiger partial charge >= 0.3 is 0 Å². The molecule has 0 aliphatic carbocycles. The molecule has 0 amide bonds. The topological polar surface area (TPSA) is 47.9 Å². The van der Waals surface area contributed by atoms with Crippen molar-refractivity contribution in [2.24, 2.45) is 0 Å². The molecule has 1 aromatic heterocycles. The van der Waals surface area contributed by atoms with Crippen LogP contribution in [-0.2, 0) is 6.61 Å². The molecule has 0 fully saturated rings. The van der Waals surface area contributed by atoms with E-state index in [9.17, 15) is 0 Å². The molecule has 50 heavy (non-hydrogen) atoms. The molecule has 0 atom stereocenters. The van der Waals surface area contributed by atoms with E-state index in [1.807, 2.05) is 36.4 Å². The molecule has 0 spiro atoms. The minimum Gasteiger partial charge on any atom is -0.488 e. The minimum absolute atomic E-state index is 0.566. The standard InChI is InChI=1S/C46H31N3O/c1-4-14-31(15-5-1)34-21-12-22-35(28-34)45-47-44(33-18-8-3-9-19-33)48-46(49-45)36-26-27-39(41(29-36)32-16-6-2-7-17-32)40-24-13-25-42-43(40)38-23-11-10-20-37(38)30-50-42/h1-29H,30H2. The van der Waals surface area contributed by atoms with Crippen LogP contribution in [0.5, 0.6) is 5.75 Å². The minimum atomic E-state index is 0.566. The van der Waals surface area contributed by atoms with Crippen LogP contribution >= 0.6 is 0 Å². The molecule has 1 aliphatic heterocycles. The Hall–Kier alpha value is -6.65. The van der Waals surface area contributed by atoms with Crippen LogP contribution in [0.3, 0.4) is 0 Å². The van der Waals surface area contributed by atoms with E-state index in [0.717, 1.165) is 61.4 Å². The van der Waals surface area contributed by atoms with Gasteiger partial charge < -0.3 is 4.74 Å². The van der Waals surface area contributed by atoms with Gasteiger partial charge in [-0.3, -0.25) is 0 Å². The fraction of sp³-hybridized carbons (Fsp3) is 0.0217. The number of ether oxygens (including phenoxy) is 1. The summed E-state index contributed by atoms with van der Waals surface area (Å²) in [6.07, 6.45) is 0. The summed E-state index contributed by atoms with van der Waals surface area (Å²) in [5.41, 5.74) is 13.0. The summed E-state index contributed by atoms with van der Waals surface area (Å²) in [7, 11) is 0. The second-order valence-electron chi connectivity index (χ2n) is 12.4. The quantitative estimate of drug-likeness (QED) is 0.181. The van der Waals surface area contributed by atoms with Crippen LogP contribution < -0.4 is 4.74 Å². The van der Waals surface area contributed by atoms with Gasteiger partial charge in [0.2, 0.25) is 0 Å². The van der Waals surface area contributed by atoms with E-state index in [4.69, 9.17) is 19.7 Å². The Labute approximate surface area is 291 Å². The predicted molar refractivity (Wildman–Crippen MR) is 202 cm³/mol. The van der Waals surface area contributed by atoms with Crippen molar-refractivity contribution >= 4 is 0 Å². The van der Waals surface area contributed by atoms with Gasteiger partial charge in [0.05, 0.1) is 0 Å². The third-order valence-corrected chi connectivity index (χ3v) is 9.24. The monoisotopic (exact) mass is 641 g/mol. The highest BCUT2D eigenvalue weighted by molar-refractivity contribution is 5.96. The van der Waals surface area contributed by atoms with Crippen LogP contribution in [0.4, 0.5) is 0 Å². The predicted octanol–water partition coefficient (Wildman–Crippen LogP) is 11.4.